The number of anilines is 1. The Morgan fingerprint density at radius 3 is 2.33 bits per heavy atom. The summed E-state index contributed by atoms with van der Waals surface area (Å²) in [7, 11) is 2.04. The van der Waals surface area contributed by atoms with Gasteiger partial charge in [-0.3, -0.25) is 0 Å². The zero-order valence-corrected chi connectivity index (χ0v) is 12.7. The molecule has 2 aromatic carbocycles. The Morgan fingerprint density at radius 2 is 1.71 bits per heavy atom. The van der Waals surface area contributed by atoms with Crippen molar-refractivity contribution < 1.29 is 9.84 Å². The lowest BCUT2D eigenvalue weighted by molar-refractivity contribution is 0.169. The van der Waals surface area contributed by atoms with E-state index in [0.29, 0.717) is 13.0 Å². The van der Waals surface area contributed by atoms with Gasteiger partial charge in [0.05, 0.1) is 12.7 Å². The molecule has 0 aliphatic carbocycles. The molecule has 0 spiro atoms. The van der Waals surface area contributed by atoms with Crippen molar-refractivity contribution in [1.29, 1.82) is 0 Å². The Morgan fingerprint density at radius 1 is 1.05 bits per heavy atom. The predicted molar refractivity (Wildman–Crippen MR) is 86.9 cm³/mol. The summed E-state index contributed by atoms with van der Waals surface area (Å²) in [6.45, 7) is 3.42. The summed E-state index contributed by atoms with van der Waals surface area (Å²) in [6.07, 6.45) is 0.242. The minimum Gasteiger partial charge on any atom is -0.494 e. The number of nitrogens with zero attached hydrogens (tertiary/aromatic N) is 1. The van der Waals surface area contributed by atoms with Crippen molar-refractivity contribution in [1.82, 2.24) is 0 Å². The van der Waals surface area contributed by atoms with E-state index in [2.05, 4.69) is 17.0 Å². The molecule has 0 amide bonds. The van der Waals surface area contributed by atoms with Gasteiger partial charge in [-0.15, -0.1) is 0 Å². The van der Waals surface area contributed by atoms with Gasteiger partial charge in [0, 0.05) is 19.3 Å². The van der Waals surface area contributed by atoms with Crippen molar-refractivity contribution >= 4 is 5.69 Å². The molecule has 0 bridgehead atoms. The lowest BCUT2D eigenvalue weighted by Gasteiger charge is -2.21. The Bertz CT molecular complexity index is 525. The van der Waals surface area contributed by atoms with Gasteiger partial charge in [0.25, 0.3) is 0 Å². The normalized spacial score (nSPS) is 12.0. The maximum Gasteiger partial charge on any atom is 0.119 e. The summed E-state index contributed by atoms with van der Waals surface area (Å²) >= 11 is 0. The molecule has 21 heavy (non-hydrogen) atoms. The average molecular weight is 285 g/mol. The molecular formula is C18H23NO2. The first-order valence-corrected chi connectivity index (χ1v) is 7.37. The molecule has 0 heterocycles. The summed E-state index contributed by atoms with van der Waals surface area (Å²) in [5, 5.41) is 10.3. The molecule has 0 saturated carbocycles. The third-order valence-electron chi connectivity index (χ3n) is 3.51. The van der Waals surface area contributed by atoms with Crippen LogP contribution in [-0.4, -0.2) is 25.3 Å². The minimum atomic E-state index is -0.452. The maximum atomic E-state index is 10.3. The Hall–Kier alpha value is -2.00. The van der Waals surface area contributed by atoms with Gasteiger partial charge < -0.3 is 14.7 Å². The fraction of sp³-hybridized carbons (Fsp3) is 0.333. The van der Waals surface area contributed by atoms with Gasteiger partial charge >= 0.3 is 0 Å². The average Bonchev–Trinajstić information content (AvgIpc) is 2.54. The first-order chi connectivity index (χ1) is 10.2. The highest BCUT2D eigenvalue weighted by Crippen LogP contribution is 2.21. The van der Waals surface area contributed by atoms with Crippen LogP contribution in [0.1, 0.15) is 25.0 Å². The van der Waals surface area contributed by atoms with Crippen molar-refractivity contribution in [3.8, 4) is 5.75 Å². The highest BCUT2D eigenvalue weighted by molar-refractivity contribution is 5.44. The number of rotatable bonds is 7. The highest BCUT2D eigenvalue weighted by atomic mass is 16.5. The van der Waals surface area contributed by atoms with Crippen LogP contribution in [0, 0.1) is 0 Å². The van der Waals surface area contributed by atoms with Crippen molar-refractivity contribution in [3.05, 3.63) is 60.2 Å². The van der Waals surface area contributed by atoms with E-state index < -0.39 is 6.10 Å². The third kappa shape index (κ3) is 4.50. The smallest absolute Gasteiger partial charge is 0.119 e. The van der Waals surface area contributed by atoms with Crippen molar-refractivity contribution in [2.45, 2.75) is 19.4 Å². The fourth-order valence-electron chi connectivity index (χ4n) is 2.25. The standard InChI is InChI=1S/C18H23NO2/c1-3-21-17-11-9-15(10-12-17)18(20)13-14-19(2)16-7-5-4-6-8-16/h4-12,18,20H,3,13-14H2,1-2H3. The predicted octanol–water partition coefficient (Wildman–Crippen LogP) is 3.65. The van der Waals surface area contributed by atoms with Gasteiger partial charge in [0.2, 0.25) is 0 Å². The summed E-state index contributed by atoms with van der Waals surface area (Å²) < 4.78 is 5.41. The van der Waals surface area contributed by atoms with Crippen LogP contribution in [0.5, 0.6) is 5.75 Å². The van der Waals surface area contributed by atoms with Gasteiger partial charge in [0.1, 0.15) is 5.75 Å². The minimum absolute atomic E-state index is 0.452. The van der Waals surface area contributed by atoms with Crippen LogP contribution in [-0.2, 0) is 0 Å². The molecular weight excluding hydrogens is 262 g/mol. The van der Waals surface area contributed by atoms with Crippen molar-refractivity contribution in [3.63, 3.8) is 0 Å². The number of ether oxygens (including phenoxy) is 1. The summed E-state index contributed by atoms with van der Waals surface area (Å²) in [5.41, 5.74) is 2.09. The molecule has 1 N–H and O–H groups in total. The zero-order valence-electron chi connectivity index (χ0n) is 12.7. The van der Waals surface area contributed by atoms with E-state index in [0.717, 1.165) is 23.5 Å². The molecule has 1 unspecified atom stereocenters. The molecule has 1 atom stereocenters. The van der Waals surface area contributed by atoms with E-state index in [9.17, 15) is 5.11 Å². The van der Waals surface area contributed by atoms with Crippen molar-refractivity contribution in [2.24, 2.45) is 0 Å². The number of aliphatic hydroxyl groups excluding tert-OH is 1. The molecule has 112 valence electrons. The second kappa shape index (κ2) is 7.70. The summed E-state index contributed by atoms with van der Waals surface area (Å²) in [6, 6.07) is 17.9. The number of hydrogen-bond acceptors (Lipinski definition) is 3. The third-order valence-corrected chi connectivity index (χ3v) is 3.51. The van der Waals surface area contributed by atoms with E-state index in [1.54, 1.807) is 0 Å². The van der Waals surface area contributed by atoms with Crippen molar-refractivity contribution in [2.75, 3.05) is 25.1 Å². The van der Waals surface area contributed by atoms with E-state index in [-0.39, 0.29) is 0 Å². The molecule has 2 rings (SSSR count). The zero-order chi connectivity index (χ0) is 15.1. The van der Waals surface area contributed by atoms with Crippen LogP contribution in [0.3, 0.4) is 0 Å². The molecule has 3 nitrogen and oxygen atoms in total. The lowest BCUT2D eigenvalue weighted by atomic mass is 10.1. The van der Waals surface area contributed by atoms with Gasteiger partial charge in [0.15, 0.2) is 0 Å². The van der Waals surface area contributed by atoms with Crippen LogP contribution < -0.4 is 9.64 Å². The molecule has 3 heteroatoms. The number of benzene rings is 2. The maximum absolute atomic E-state index is 10.3. The van der Waals surface area contributed by atoms with Crippen LogP contribution in [0.25, 0.3) is 0 Å². The van der Waals surface area contributed by atoms with Crippen LogP contribution in [0.15, 0.2) is 54.6 Å². The molecule has 0 aliphatic rings. The molecule has 0 aromatic heterocycles. The largest absolute Gasteiger partial charge is 0.494 e. The Balaban J connectivity index is 1.88. The number of hydrogen-bond donors (Lipinski definition) is 1. The lowest BCUT2D eigenvalue weighted by Crippen LogP contribution is -2.20. The Kier molecular flexibility index (Phi) is 5.64. The molecule has 0 saturated heterocycles. The van der Waals surface area contributed by atoms with E-state index >= 15 is 0 Å². The number of para-hydroxylation sites is 1. The van der Waals surface area contributed by atoms with E-state index in [4.69, 9.17) is 4.74 Å². The van der Waals surface area contributed by atoms with Crippen LogP contribution in [0.2, 0.25) is 0 Å². The fourth-order valence-corrected chi connectivity index (χ4v) is 2.25. The topological polar surface area (TPSA) is 32.7 Å². The summed E-state index contributed by atoms with van der Waals surface area (Å²) in [5.74, 6) is 0.842. The number of aliphatic hydroxyl groups is 1. The second-order valence-corrected chi connectivity index (χ2v) is 5.06. The Labute approximate surface area is 126 Å². The molecule has 0 aliphatic heterocycles. The van der Waals surface area contributed by atoms with Gasteiger partial charge in [-0.2, -0.15) is 0 Å². The quantitative estimate of drug-likeness (QED) is 0.843. The highest BCUT2D eigenvalue weighted by Gasteiger charge is 2.09. The van der Waals surface area contributed by atoms with Gasteiger partial charge in [-0.1, -0.05) is 30.3 Å². The second-order valence-electron chi connectivity index (χ2n) is 5.06. The molecule has 2 aromatic rings. The van der Waals surface area contributed by atoms with E-state index in [1.165, 1.54) is 0 Å². The van der Waals surface area contributed by atoms with Gasteiger partial charge in [-0.05, 0) is 43.2 Å². The molecule has 0 fully saturated rings. The summed E-state index contributed by atoms with van der Waals surface area (Å²) in [4.78, 5) is 2.15. The first kappa shape index (κ1) is 15.4. The molecule has 0 radical (unpaired) electrons. The monoisotopic (exact) mass is 285 g/mol. The van der Waals surface area contributed by atoms with Gasteiger partial charge in [-0.25, -0.2) is 0 Å². The van der Waals surface area contributed by atoms with Crippen LogP contribution >= 0.6 is 0 Å². The van der Waals surface area contributed by atoms with E-state index in [1.807, 2.05) is 56.4 Å². The SMILES string of the molecule is CCOc1ccc(C(O)CCN(C)c2ccccc2)cc1. The first-order valence-electron chi connectivity index (χ1n) is 7.37. The van der Waals surface area contributed by atoms with Crippen LogP contribution in [0.4, 0.5) is 5.69 Å².